The molecule has 3 unspecified atom stereocenters. The average molecular weight is 429 g/mol. The van der Waals surface area contributed by atoms with Gasteiger partial charge < -0.3 is 5.11 Å². The molecule has 9 atom stereocenters. The number of hydrogen-bond donors (Lipinski definition) is 2. The van der Waals surface area contributed by atoms with E-state index in [0.717, 1.165) is 12.8 Å². The third kappa shape index (κ3) is 3.81. The summed E-state index contributed by atoms with van der Waals surface area (Å²) in [5.74, 6) is 3.24. The molecular formula is C23H40O5S. The molecule has 4 aliphatic carbocycles. The molecule has 2 N–H and O–H groups in total. The Morgan fingerprint density at radius 1 is 1.03 bits per heavy atom. The van der Waals surface area contributed by atoms with E-state index in [4.69, 9.17) is 4.55 Å². The maximum Gasteiger partial charge on any atom is 0.397 e. The molecule has 4 saturated carbocycles. The number of fused-ring (bicyclic) bond motifs is 5. The lowest BCUT2D eigenvalue weighted by atomic mass is 9.44. The molecule has 0 amide bonds. The minimum atomic E-state index is -4.36. The molecule has 0 spiro atoms. The monoisotopic (exact) mass is 428 g/mol. The molecule has 168 valence electrons. The smallest absolute Gasteiger partial charge is 0.393 e. The number of hydrogen-bond acceptors (Lipinski definition) is 4. The lowest BCUT2D eigenvalue weighted by Gasteiger charge is -2.62. The molecule has 0 heterocycles. The first-order valence-electron chi connectivity index (χ1n) is 11.9. The van der Waals surface area contributed by atoms with Crippen LogP contribution in [0.3, 0.4) is 0 Å². The Kier molecular flexibility index (Phi) is 5.89. The van der Waals surface area contributed by atoms with Crippen LogP contribution in [0, 0.1) is 46.3 Å². The van der Waals surface area contributed by atoms with Crippen molar-refractivity contribution in [2.75, 3.05) is 6.61 Å². The van der Waals surface area contributed by atoms with E-state index in [1.54, 1.807) is 0 Å². The Balaban J connectivity index is 1.50. The van der Waals surface area contributed by atoms with Crippen molar-refractivity contribution in [3.8, 4) is 0 Å². The van der Waals surface area contributed by atoms with Gasteiger partial charge in [-0.15, -0.1) is 0 Å². The molecule has 5 nitrogen and oxygen atoms in total. The van der Waals surface area contributed by atoms with Gasteiger partial charge in [-0.25, -0.2) is 4.18 Å². The van der Waals surface area contributed by atoms with Crippen LogP contribution >= 0.6 is 0 Å². The first kappa shape index (κ1) is 22.0. The Morgan fingerprint density at radius 2 is 1.76 bits per heavy atom. The summed E-state index contributed by atoms with van der Waals surface area (Å²) in [6, 6.07) is 0. The van der Waals surface area contributed by atoms with Crippen LogP contribution < -0.4 is 0 Å². The zero-order chi connectivity index (χ0) is 21.0. The highest BCUT2D eigenvalue weighted by Crippen LogP contribution is 2.68. The third-order valence-electron chi connectivity index (χ3n) is 10.2. The average Bonchev–Trinajstić information content (AvgIpc) is 2.98. The van der Waals surface area contributed by atoms with E-state index in [-0.39, 0.29) is 18.1 Å². The van der Waals surface area contributed by atoms with Crippen LogP contribution in [0.1, 0.15) is 85.0 Å². The largest absolute Gasteiger partial charge is 0.397 e. The van der Waals surface area contributed by atoms with E-state index >= 15 is 0 Å². The highest BCUT2D eigenvalue weighted by Gasteiger charge is 2.62. The van der Waals surface area contributed by atoms with Gasteiger partial charge in [-0.3, -0.25) is 4.55 Å². The first-order valence-corrected chi connectivity index (χ1v) is 13.2. The van der Waals surface area contributed by atoms with E-state index in [0.29, 0.717) is 47.3 Å². The van der Waals surface area contributed by atoms with Gasteiger partial charge in [-0.1, -0.05) is 33.6 Å². The fraction of sp³-hybridized carbons (Fsp3) is 1.00. The van der Waals surface area contributed by atoms with E-state index < -0.39 is 10.4 Å². The number of aliphatic hydroxyl groups excluding tert-OH is 1. The second-order valence-electron chi connectivity index (χ2n) is 11.3. The van der Waals surface area contributed by atoms with Gasteiger partial charge in [0.2, 0.25) is 0 Å². The summed E-state index contributed by atoms with van der Waals surface area (Å²) in [4.78, 5) is 0. The number of aliphatic hydroxyl groups is 1. The maximum atomic E-state index is 11.3. The Labute approximate surface area is 176 Å². The standard InChI is InChI=1S/C23H40O5S/c1-15(10-13-28-29(25,26)27)17-7-8-18-21-19(9-12-23(17,18)3)22(2)11-5-4-6-16(22)14-20(21)24/h15-21,24H,4-14H2,1-3H3,(H,25,26,27)/t15-,16+,17-,18?,19?,20+,21?,22+,23-/m1/s1. The summed E-state index contributed by atoms with van der Waals surface area (Å²) in [5, 5.41) is 11.3. The Morgan fingerprint density at radius 3 is 2.48 bits per heavy atom. The van der Waals surface area contributed by atoms with Crippen LogP contribution in [0.4, 0.5) is 0 Å². The molecule has 0 radical (unpaired) electrons. The molecule has 0 aliphatic heterocycles. The molecule has 6 heteroatoms. The van der Waals surface area contributed by atoms with Gasteiger partial charge >= 0.3 is 10.4 Å². The molecule has 0 aromatic carbocycles. The van der Waals surface area contributed by atoms with Gasteiger partial charge in [0.05, 0.1) is 12.7 Å². The molecular weight excluding hydrogens is 388 g/mol. The molecule has 4 rings (SSSR count). The highest BCUT2D eigenvalue weighted by molar-refractivity contribution is 7.80. The van der Waals surface area contributed by atoms with Crippen molar-refractivity contribution in [2.45, 2.75) is 91.1 Å². The molecule has 4 aliphatic rings. The Bertz CT molecular complexity index is 708. The summed E-state index contributed by atoms with van der Waals surface area (Å²) in [5.41, 5.74) is 0.633. The molecule has 0 aromatic rings. The second kappa shape index (κ2) is 7.75. The normalized spacial score (nSPS) is 48.4. The van der Waals surface area contributed by atoms with Crippen molar-refractivity contribution in [3.05, 3.63) is 0 Å². The van der Waals surface area contributed by atoms with E-state index in [1.807, 2.05) is 0 Å². The fourth-order valence-electron chi connectivity index (χ4n) is 8.77. The molecule has 0 saturated heterocycles. The van der Waals surface area contributed by atoms with Crippen molar-refractivity contribution < 1.29 is 22.3 Å². The van der Waals surface area contributed by atoms with E-state index in [1.165, 1.54) is 44.9 Å². The van der Waals surface area contributed by atoms with E-state index in [2.05, 4.69) is 25.0 Å². The van der Waals surface area contributed by atoms with E-state index in [9.17, 15) is 13.5 Å². The van der Waals surface area contributed by atoms with Crippen molar-refractivity contribution in [1.29, 1.82) is 0 Å². The molecule has 0 bridgehead atoms. The zero-order valence-corrected chi connectivity index (χ0v) is 19.2. The van der Waals surface area contributed by atoms with Crippen molar-refractivity contribution in [2.24, 2.45) is 46.3 Å². The molecule has 29 heavy (non-hydrogen) atoms. The van der Waals surface area contributed by atoms with Crippen LogP contribution in [0.5, 0.6) is 0 Å². The van der Waals surface area contributed by atoms with Crippen LogP contribution in [0.2, 0.25) is 0 Å². The minimum Gasteiger partial charge on any atom is -0.393 e. The summed E-state index contributed by atoms with van der Waals surface area (Å²) >= 11 is 0. The number of rotatable bonds is 5. The lowest BCUT2D eigenvalue weighted by molar-refractivity contribution is -0.164. The summed E-state index contributed by atoms with van der Waals surface area (Å²) < 4.78 is 35.2. The summed E-state index contributed by atoms with van der Waals surface area (Å²) in [6.07, 6.45) is 11.6. The second-order valence-corrected chi connectivity index (χ2v) is 12.4. The maximum absolute atomic E-state index is 11.3. The Hall–Kier alpha value is -0.170. The topological polar surface area (TPSA) is 83.8 Å². The molecule has 0 aromatic heterocycles. The highest BCUT2D eigenvalue weighted by atomic mass is 32.3. The minimum absolute atomic E-state index is 0.0473. The summed E-state index contributed by atoms with van der Waals surface area (Å²) in [6.45, 7) is 7.22. The van der Waals surface area contributed by atoms with Crippen molar-refractivity contribution in [3.63, 3.8) is 0 Å². The first-order chi connectivity index (χ1) is 13.6. The zero-order valence-electron chi connectivity index (χ0n) is 18.3. The third-order valence-corrected chi connectivity index (χ3v) is 10.6. The van der Waals surface area contributed by atoms with Gasteiger partial charge in [0, 0.05) is 0 Å². The van der Waals surface area contributed by atoms with Crippen molar-refractivity contribution >= 4 is 10.4 Å². The predicted molar refractivity (Wildman–Crippen MR) is 113 cm³/mol. The van der Waals surface area contributed by atoms with Gasteiger partial charge in [0.15, 0.2) is 0 Å². The quantitative estimate of drug-likeness (QED) is 0.612. The van der Waals surface area contributed by atoms with Crippen molar-refractivity contribution in [1.82, 2.24) is 0 Å². The lowest BCUT2D eigenvalue weighted by Crippen LogP contribution is -2.57. The van der Waals surface area contributed by atoms with Gasteiger partial charge in [-0.05, 0) is 97.7 Å². The fourth-order valence-corrected chi connectivity index (χ4v) is 9.08. The van der Waals surface area contributed by atoms with Crippen LogP contribution in [-0.2, 0) is 14.6 Å². The predicted octanol–water partition coefficient (Wildman–Crippen LogP) is 4.85. The molecule has 4 fully saturated rings. The van der Waals surface area contributed by atoms with Gasteiger partial charge in [-0.2, -0.15) is 8.42 Å². The van der Waals surface area contributed by atoms with Gasteiger partial charge in [0.1, 0.15) is 0 Å². The van der Waals surface area contributed by atoms with Crippen LogP contribution in [0.25, 0.3) is 0 Å². The van der Waals surface area contributed by atoms with Crippen LogP contribution in [-0.4, -0.2) is 30.8 Å². The van der Waals surface area contributed by atoms with Gasteiger partial charge in [0.25, 0.3) is 0 Å². The SMILES string of the molecule is C[C@H](CCOS(=O)(=O)O)[C@H]1CCC2C3C(CC[C@@]21C)[C@@]1(C)CCCC[C@H]1C[C@@H]3O. The summed E-state index contributed by atoms with van der Waals surface area (Å²) in [7, 11) is -4.36. The van der Waals surface area contributed by atoms with Crippen LogP contribution in [0.15, 0.2) is 0 Å².